The summed E-state index contributed by atoms with van der Waals surface area (Å²) in [5, 5.41) is 14.4. The molecule has 0 aliphatic rings. The van der Waals surface area contributed by atoms with E-state index >= 15 is 0 Å². The summed E-state index contributed by atoms with van der Waals surface area (Å²) in [5.74, 6) is -1.32. The molecule has 0 aliphatic carbocycles. The van der Waals surface area contributed by atoms with Crippen molar-refractivity contribution in [3.63, 3.8) is 0 Å². The molecule has 3 N–H and O–H groups in total. The molecule has 0 heterocycles. The molecule has 136 valence electrons. The van der Waals surface area contributed by atoms with Gasteiger partial charge in [-0.3, -0.25) is 9.59 Å². The number of carboxylic acids is 1. The summed E-state index contributed by atoms with van der Waals surface area (Å²) in [4.78, 5) is 35.0. The smallest absolute Gasteiger partial charge is 0.335 e. The summed E-state index contributed by atoms with van der Waals surface area (Å²) in [5.41, 5.74) is 3.09. The van der Waals surface area contributed by atoms with Crippen molar-refractivity contribution in [2.45, 2.75) is 26.7 Å². The summed E-state index contributed by atoms with van der Waals surface area (Å²) < 4.78 is 0. The molecule has 0 aromatic heterocycles. The molecule has 0 bridgehead atoms. The van der Waals surface area contributed by atoms with Crippen molar-refractivity contribution in [1.29, 1.82) is 0 Å². The minimum absolute atomic E-state index is 0.163. The second kappa shape index (κ2) is 8.80. The molecule has 0 saturated carbocycles. The molecule has 0 saturated heterocycles. The first kappa shape index (κ1) is 19.2. The number of amides is 2. The van der Waals surface area contributed by atoms with E-state index in [-0.39, 0.29) is 23.8 Å². The Labute approximate surface area is 152 Å². The van der Waals surface area contributed by atoms with Gasteiger partial charge in [0.15, 0.2) is 0 Å². The lowest BCUT2D eigenvalue weighted by Crippen LogP contribution is -2.23. The standard InChI is InChI=1S/C20H22N2O4/c1-3-21-19(24)16-8-4-13(2)17(12-16)22-18(23)11-7-14-5-9-15(10-6-14)20(25)26/h4-6,8-10,12H,3,7,11H2,1-2H3,(H,21,24)(H,22,23)(H,25,26). The van der Waals surface area contributed by atoms with Crippen molar-refractivity contribution in [2.75, 3.05) is 11.9 Å². The van der Waals surface area contributed by atoms with Crippen LogP contribution in [-0.4, -0.2) is 29.4 Å². The first-order valence-corrected chi connectivity index (χ1v) is 8.41. The highest BCUT2D eigenvalue weighted by Crippen LogP contribution is 2.18. The van der Waals surface area contributed by atoms with E-state index in [4.69, 9.17) is 5.11 Å². The van der Waals surface area contributed by atoms with E-state index in [0.717, 1.165) is 11.1 Å². The summed E-state index contributed by atoms with van der Waals surface area (Å²) in [7, 11) is 0. The lowest BCUT2D eigenvalue weighted by Gasteiger charge is -2.11. The molecule has 0 unspecified atom stereocenters. The Kier molecular flexibility index (Phi) is 6.49. The molecule has 6 heteroatoms. The third-order valence-corrected chi connectivity index (χ3v) is 3.95. The maximum Gasteiger partial charge on any atom is 0.335 e. The van der Waals surface area contributed by atoms with Gasteiger partial charge in [0.1, 0.15) is 0 Å². The van der Waals surface area contributed by atoms with Gasteiger partial charge in [0.05, 0.1) is 5.56 Å². The van der Waals surface area contributed by atoms with Crippen molar-refractivity contribution >= 4 is 23.5 Å². The molecule has 0 atom stereocenters. The van der Waals surface area contributed by atoms with Crippen LogP contribution in [0.3, 0.4) is 0 Å². The minimum atomic E-state index is -0.975. The summed E-state index contributed by atoms with van der Waals surface area (Å²) in [6, 6.07) is 11.6. The first-order chi connectivity index (χ1) is 12.4. The Morgan fingerprint density at radius 2 is 1.65 bits per heavy atom. The SMILES string of the molecule is CCNC(=O)c1ccc(C)c(NC(=O)CCc2ccc(C(=O)O)cc2)c1. The molecule has 2 amide bonds. The van der Waals surface area contributed by atoms with E-state index in [2.05, 4.69) is 10.6 Å². The van der Waals surface area contributed by atoms with Crippen molar-refractivity contribution in [1.82, 2.24) is 5.32 Å². The van der Waals surface area contributed by atoms with Crippen LogP contribution in [0.2, 0.25) is 0 Å². The Balaban J connectivity index is 1.97. The maximum atomic E-state index is 12.2. The van der Waals surface area contributed by atoms with Crippen molar-refractivity contribution in [3.8, 4) is 0 Å². The van der Waals surface area contributed by atoms with Crippen molar-refractivity contribution in [3.05, 3.63) is 64.7 Å². The van der Waals surface area contributed by atoms with E-state index < -0.39 is 5.97 Å². The van der Waals surface area contributed by atoms with Gasteiger partial charge in [-0.05, 0) is 55.7 Å². The van der Waals surface area contributed by atoms with Crippen LogP contribution >= 0.6 is 0 Å². The van der Waals surface area contributed by atoms with Crippen LogP contribution in [0.25, 0.3) is 0 Å². The molecule has 2 aromatic rings. The molecule has 2 aromatic carbocycles. The number of carbonyl (C=O) groups excluding carboxylic acids is 2. The Morgan fingerprint density at radius 1 is 1.00 bits per heavy atom. The highest BCUT2D eigenvalue weighted by Gasteiger charge is 2.10. The number of anilines is 1. The highest BCUT2D eigenvalue weighted by atomic mass is 16.4. The van der Waals surface area contributed by atoms with Crippen LogP contribution < -0.4 is 10.6 Å². The Hall–Kier alpha value is -3.15. The first-order valence-electron chi connectivity index (χ1n) is 8.41. The topological polar surface area (TPSA) is 95.5 Å². The van der Waals surface area contributed by atoms with E-state index in [1.54, 1.807) is 30.3 Å². The van der Waals surface area contributed by atoms with Gasteiger partial charge in [-0.15, -0.1) is 0 Å². The second-order valence-corrected chi connectivity index (χ2v) is 5.94. The Bertz CT molecular complexity index is 813. The molecular formula is C20H22N2O4. The van der Waals surface area contributed by atoms with Gasteiger partial charge in [-0.25, -0.2) is 4.79 Å². The zero-order valence-electron chi connectivity index (χ0n) is 14.8. The second-order valence-electron chi connectivity index (χ2n) is 5.94. The zero-order valence-corrected chi connectivity index (χ0v) is 14.8. The number of aryl methyl sites for hydroxylation is 2. The fraction of sp³-hybridized carbons (Fsp3) is 0.250. The van der Waals surface area contributed by atoms with Crippen LogP contribution in [0.4, 0.5) is 5.69 Å². The quantitative estimate of drug-likeness (QED) is 0.712. The summed E-state index contributed by atoms with van der Waals surface area (Å²) in [6.45, 7) is 4.24. The average molecular weight is 354 g/mol. The van der Waals surface area contributed by atoms with Gasteiger partial charge < -0.3 is 15.7 Å². The van der Waals surface area contributed by atoms with E-state index in [1.807, 2.05) is 13.8 Å². The normalized spacial score (nSPS) is 10.2. The molecule has 0 radical (unpaired) electrons. The molecule has 6 nitrogen and oxygen atoms in total. The third-order valence-electron chi connectivity index (χ3n) is 3.95. The molecule has 2 rings (SSSR count). The zero-order chi connectivity index (χ0) is 19.1. The lowest BCUT2D eigenvalue weighted by molar-refractivity contribution is -0.116. The van der Waals surface area contributed by atoms with Crippen LogP contribution in [0.5, 0.6) is 0 Å². The van der Waals surface area contributed by atoms with E-state index in [0.29, 0.717) is 24.2 Å². The van der Waals surface area contributed by atoms with Gasteiger partial charge in [-0.2, -0.15) is 0 Å². The fourth-order valence-electron chi connectivity index (χ4n) is 2.45. The van der Waals surface area contributed by atoms with Gasteiger partial charge in [0, 0.05) is 24.2 Å². The number of carbonyl (C=O) groups is 3. The molecule has 0 spiro atoms. The number of benzene rings is 2. The van der Waals surface area contributed by atoms with E-state index in [9.17, 15) is 14.4 Å². The lowest BCUT2D eigenvalue weighted by atomic mass is 10.1. The number of hydrogen-bond acceptors (Lipinski definition) is 3. The highest BCUT2D eigenvalue weighted by molar-refractivity contribution is 5.97. The van der Waals surface area contributed by atoms with Gasteiger partial charge >= 0.3 is 5.97 Å². The van der Waals surface area contributed by atoms with E-state index in [1.165, 1.54) is 12.1 Å². The van der Waals surface area contributed by atoms with Crippen LogP contribution in [0, 0.1) is 6.92 Å². The average Bonchev–Trinajstić information content (AvgIpc) is 2.62. The van der Waals surface area contributed by atoms with Crippen LogP contribution in [0.1, 0.15) is 45.2 Å². The van der Waals surface area contributed by atoms with Gasteiger partial charge in [-0.1, -0.05) is 18.2 Å². The minimum Gasteiger partial charge on any atom is -0.478 e. The monoisotopic (exact) mass is 354 g/mol. The predicted octanol–water partition coefficient (Wildman–Crippen LogP) is 3.01. The van der Waals surface area contributed by atoms with Crippen LogP contribution in [0.15, 0.2) is 42.5 Å². The van der Waals surface area contributed by atoms with Crippen LogP contribution in [-0.2, 0) is 11.2 Å². The van der Waals surface area contributed by atoms with Crippen molar-refractivity contribution in [2.24, 2.45) is 0 Å². The summed E-state index contributed by atoms with van der Waals surface area (Å²) in [6.07, 6.45) is 0.762. The number of nitrogens with one attached hydrogen (secondary N) is 2. The molecule has 0 fully saturated rings. The number of hydrogen-bond donors (Lipinski definition) is 3. The third kappa shape index (κ3) is 5.17. The number of aromatic carboxylic acids is 1. The Morgan fingerprint density at radius 3 is 2.27 bits per heavy atom. The molecule has 26 heavy (non-hydrogen) atoms. The number of carboxylic acid groups (broad SMARTS) is 1. The fourth-order valence-corrected chi connectivity index (χ4v) is 2.45. The molecular weight excluding hydrogens is 332 g/mol. The van der Waals surface area contributed by atoms with Gasteiger partial charge in [0.25, 0.3) is 5.91 Å². The largest absolute Gasteiger partial charge is 0.478 e. The van der Waals surface area contributed by atoms with Gasteiger partial charge in [0.2, 0.25) is 5.91 Å². The summed E-state index contributed by atoms with van der Waals surface area (Å²) >= 11 is 0. The van der Waals surface area contributed by atoms with Crippen molar-refractivity contribution < 1.29 is 19.5 Å². The number of rotatable bonds is 7. The molecule has 0 aliphatic heterocycles. The maximum absolute atomic E-state index is 12.2. The predicted molar refractivity (Wildman–Crippen MR) is 99.5 cm³/mol.